The molecule has 2 atom stereocenters. The highest BCUT2D eigenvalue weighted by atomic mass is 32.1. The second-order valence-electron chi connectivity index (χ2n) is 3.62. The van der Waals surface area contributed by atoms with Gasteiger partial charge in [-0.25, -0.2) is 0 Å². The number of nitrogens with one attached hydrogen (secondary N) is 1. The zero-order valence-corrected chi connectivity index (χ0v) is 7.97. The van der Waals surface area contributed by atoms with Gasteiger partial charge in [-0.05, 0) is 37.7 Å². The Kier molecular flexibility index (Phi) is 2.61. The lowest BCUT2D eigenvalue weighted by molar-refractivity contribution is 0.0874. The summed E-state index contributed by atoms with van der Waals surface area (Å²) >= 11 is 4.15. The van der Waals surface area contributed by atoms with Crippen molar-refractivity contribution < 1.29 is 4.74 Å². The van der Waals surface area contributed by atoms with Gasteiger partial charge in [0.15, 0.2) is 0 Å². The Hall–Kier alpha value is -0.150. The van der Waals surface area contributed by atoms with E-state index in [-0.39, 0.29) is 0 Å². The summed E-state index contributed by atoms with van der Waals surface area (Å²) in [4.78, 5) is 0. The summed E-state index contributed by atoms with van der Waals surface area (Å²) < 4.78 is 8.61. The van der Waals surface area contributed by atoms with Crippen molar-refractivity contribution in [1.82, 2.24) is 4.72 Å². The molecule has 2 unspecified atom stereocenters. The van der Waals surface area contributed by atoms with Crippen LogP contribution in [0.25, 0.3) is 0 Å². The van der Waals surface area contributed by atoms with E-state index in [2.05, 4.69) is 23.6 Å². The first kappa shape index (κ1) is 8.45. The number of allylic oxidation sites excluding steroid dienone is 1. The maximum absolute atomic E-state index is 5.54. The summed E-state index contributed by atoms with van der Waals surface area (Å²) in [5.41, 5.74) is 0. The molecule has 68 valence electrons. The van der Waals surface area contributed by atoms with E-state index < -0.39 is 0 Å². The van der Waals surface area contributed by atoms with Gasteiger partial charge < -0.3 is 4.74 Å². The van der Waals surface area contributed by atoms with E-state index in [1.54, 1.807) is 0 Å². The zero-order chi connectivity index (χ0) is 8.39. The van der Waals surface area contributed by atoms with Gasteiger partial charge in [-0.1, -0.05) is 12.8 Å². The second-order valence-corrected chi connectivity index (χ2v) is 3.87. The summed E-state index contributed by atoms with van der Waals surface area (Å²) in [5, 5.41) is 0. The van der Waals surface area contributed by atoms with Gasteiger partial charge >= 0.3 is 0 Å². The van der Waals surface area contributed by atoms with Gasteiger partial charge in [0, 0.05) is 0 Å². The first-order chi connectivity index (χ1) is 5.92. The van der Waals surface area contributed by atoms with Crippen molar-refractivity contribution in [3.63, 3.8) is 0 Å². The third-order valence-electron chi connectivity index (χ3n) is 2.65. The molecule has 0 spiro atoms. The molecular weight excluding hydrogens is 170 g/mol. The van der Waals surface area contributed by atoms with Crippen LogP contribution in [0, 0.1) is 5.92 Å². The Morgan fingerprint density at radius 3 is 2.75 bits per heavy atom. The lowest BCUT2D eigenvalue weighted by atomic mass is 10.0. The third kappa shape index (κ3) is 1.77. The molecule has 1 aliphatic carbocycles. The quantitative estimate of drug-likeness (QED) is 0.655. The Balaban J connectivity index is 1.90. The fraction of sp³-hybridized carbons (Fsp3) is 0.778. The lowest BCUT2D eigenvalue weighted by Gasteiger charge is -2.27. The molecule has 1 saturated carbocycles. The van der Waals surface area contributed by atoms with Crippen molar-refractivity contribution in [3.05, 3.63) is 12.3 Å². The van der Waals surface area contributed by atoms with Crippen LogP contribution in [0.2, 0.25) is 0 Å². The van der Waals surface area contributed by atoms with Gasteiger partial charge in [-0.3, -0.25) is 4.72 Å². The van der Waals surface area contributed by atoms with Crippen LogP contribution in [0.15, 0.2) is 12.3 Å². The van der Waals surface area contributed by atoms with Crippen LogP contribution in [-0.4, -0.2) is 12.1 Å². The Bertz CT molecular complexity index is 179. The van der Waals surface area contributed by atoms with Gasteiger partial charge in [-0.2, -0.15) is 0 Å². The molecule has 0 aromatic carbocycles. The molecule has 0 aromatic rings. The number of hydrogen-bond donors (Lipinski definition) is 2. The highest BCUT2D eigenvalue weighted by Crippen LogP contribution is 2.36. The average Bonchev–Trinajstić information content (AvgIpc) is 2.92. The molecule has 0 aromatic heterocycles. The fourth-order valence-electron chi connectivity index (χ4n) is 1.76. The maximum Gasteiger partial charge on any atom is 0.114 e. The molecule has 1 N–H and O–H groups in total. The Morgan fingerprint density at radius 2 is 2.25 bits per heavy atom. The van der Waals surface area contributed by atoms with Gasteiger partial charge in [0.25, 0.3) is 0 Å². The lowest BCUT2D eigenvalue weighted by Crippen LogP contribution is -2.38. The van der Waals surface area contributed by atoms with Crippen LogP contribution in [-0.2, 0) is 4.74 Å². The molecule has 1 heterocycles. The summed E-state index contributed by atoms with van der Waals surface area (Å²) in [6.45, 7) is 0. The molecular formula is C9H15NOS. The predicted octanol–water partition coefficient (Wildman–Crippen LogP) is 1.89. The number of thiol groups is 1. The van der Waals surface area contributed by atoms with E-state index in [0.29, 0.717) is 12.1 Å². The minimum absolute atomic E-state index is 0.347. The first-order valence-electron chi connectivity index (χ1n) is 4.62. The maximum atomic E-state index is 5.54. The third-order valence-corrected chi connectivity index (χ3v) is 2.95. The summed E-state index contributed by atoms with van der Waals surface area (Å²) in [7, 11) is 0. The van der Waals surface area contributed by atoms with Crippen LogP contribution >= 0.6 is 12.8 Å². The minimum atomic E-state index is 0.347. The molecule has 1 fully saturated rings. The van der Waals surface area contributed by atoms with Gasteiger partial charge in [-0.15, -0.1) is 0 Å². The zero-order valence-electron chi connectivity index (χ0n) is 7.07. The van der Waals surface area contributed by atoms with E-state index in [4.69, 9.17) is 4.74 Å². The molecule has 0 saturated heterocycles. The van der Waals surface area contributed by atoms with E-state index >= 15 is 0 Å². The monoisotopic (exact) mass is 185 g/mol. The van der Waals surface area contributed by atoms with Crippen molar-refractivity contribution in [1.29, 1.82) is 0 Å². The topological polar surface area (TPSA) is 21.3 Å². The molecule has 3 heteroatoms. The van der Waals surface area contributed by atoms with E-state index in [0.717, 1.165) is 18.8 Å². The van der Waals surface area contributed by atoms with Crippen LogP contribution < -0.4 is 4.72 Å². The standard InChI is InChI=1S/C9H15NOS/c12-10-9(7-4-5-7)8-3-1-2-6-11-8/h2,6-10,12H,1,3-5H2. The average molecular weight is 185 g/mol. The normalized spacial score (nSPS) is 31.2. The molecule has 0 bridgehead atoms. The Morgan fingerprint density at radius 1 is 1.42 bits per heavy atom. The van der Waals surface area contributed by atoms with Crippen molar-refractivity contribution in [2.75, 3.05) is 0 Å². The largest absolute Gasteiger partial charge is 0.497 e. The van der Waals surface area contributed by atoms with Gasteiger partial charge in [0.1, 0.15) is 6.10 Å². The highest BCUT2D eigenvalue weighted by Gasteiger charge is 2.36. The van der Waals surface area contributed by atoms with Crippen LogP contribution in [0.5, 0.6) is 0 Å². The number of rotatable bonds is 3. The molecule has 1 aliphatic heterocycles. The minimum Gasteiger partial charge on any atom is -0.497 e. The smallest absolute Gasteiger partial charge is 0.114 e. The van der Waals surface area contributed by atoms with Crippen LogP contribution in [0.4, 0.5) is 0 Å². The van der Waals surface area contributed by atoms with Crippen molar-refractivity contribution in [3.8, 4) is 0 Å². The van der Waals surface area contributed by atoms with Crippen LogP contribution in [0.3, 0.4) is 0 Å². The second kappa shape index (κ2) is 3.71. The van der Waals surface area contributed by atoms with Gasteiger partial charge in [0.05, 0.1) is 12.3 Å². The number of hydrogen-bond acceptors (Lipinski definition) is 3. The predicted molar refractivity (Wildman–Crippen MR) is 51.9 cm³/mol. The van der Waals surface area contributed by atoms with Crippen molar-refractivity contribution >= 4 is 12.8 Å². The number of ether oxygens (including phenoxy) is 1. The molecule has 2 nitrogen and oxygen atoms in total. The van der Waals surface area contributed by atoms with Crippen LogP contribution in [0.1, 0.15) is 25.7 Å². The molecule has 2 aliphatic rings. The molecule has 0 radical (unpaired) electrons. The Labute approximate surface area is 78.9 Å². The summed E-state index contributed by atoms with van der Waals surface area (Å²) in [6, 6.07) is 0.457. The van der Waals surface area contributed by atoms with Gasteiger partial charge in [0.2, 0.25) is 0 Å². The summed E-state index contributed by atoms with van der Waals surface area (Å²) in [6.07, 6.45) is 9.20. The SMILES string of the molecule is SNC(C1CC1)C1CCC=CO1. The van der Waals surface area contributed by atoms with E-state index in [1.807, 2.05) is 6.26 Å². The first-order valence-corrected chi connectivity index (χ1v) is 5.06. The van der Waals surface area contributed by atoms with E-state index in [1.165, 1.54) is 12.8 Å². The van der Waals surface area contributed by atoms with Crippen molar-refractivity contribution in [2.45, 2.75) is 37.8 Å². The molecule has 12 heavy (non-hydrogen) atoms. The van der Waals surface area contributed by atoms with E-state index in [9.17, 15) is 0 Å². The molecule has 0 amide bonds. The molecule has 2 rings (SSSR count). The van der Waals surface area contributed by atoms with Crippen molar-refractivity contribution in [2.24, 2.45) is 5.92 Å². The fourth-order valence-corrected chi connectivity index (χ4v) is 2.14. The summed E-state index contributed by atoms with van der Waals surface area (Å²) in [5.74, 6) is 0.805. The highest BCUT2D eigenvalue weighted by molar-refractivity contribution is 7.78.